The number of methoxy groups -OCH3 is 1. The lowest BCUT2D eigenvalue weighted by Crippen LogP contribution is -2.64. The Kier molecular flexibility index (Phi) is 8.80. The summed E-state index contributed by atoms with van der Waals surface area (Å²) in [5.41, 5.74) is -0.414. The average molecular weight is 609 g/mol. The molecule has 234 valence electrons. The maximum absolute atomic E-state index is 12.9. The summed E-state index contributed by atoms with van der Waals surface area (Å²) in [6.07, 6.45) is -15.4. The molecule has 1 aromatic heterocycles. The summed E-state index contributed by atoms with van der Waals surface area (Å²) in [7, 11) is 1.38. The van der Waals surface area contributed by atoms with Crippen LogP contribution < -0.4 is 14.9 Å². The number of phenols is 2. The minimum absolute atomic E-state index is 0.0410. The lowest BCUT2D eigenvalue weighted by atomic mass is 9.97. The molecule has 2 saturated heterocycles. The van der Waals surface area contributed by atoms with Crippen LogP contribution in [0.25, 0.3) is 22.3 Å². The van der Waals surface area contributed by atoms with Gasteiger partial charge in [0, 0.05) is 23.8 Å². The third-order valence-corrected chi connectivity index (χ3v) is 7.42. The van der Waals surface area contributed by atoms with Gasteiger partial charge in [0.15, 0.2) is 29.3 Å². The number of aliphatic hydroxyl groups is 6. The van der Waals surface area contributed by atoms with Crippen molar-refractivity contribution in [3.8, 4) is 34.3 Å². The van der Waals surface area contributed by atoms with E-state index in [4.69, 9.17) is 28.1 Å². The zero-order valence-electron chi connectivity index (χ0n) is 22.9. The second-order valence-electron chi connectivity index (χ2n) is 10.3. The first-order valence-corrected chi connectivity index (χ1v) is 13.3. The van der Waals surface area contributed by atoms with E-state index in [1.807, 2.05) is 0 Å². The molecule has 15 heteroatoms. The Balaban J connectivity index is 1.48. The first-order valence-electron chi connectivity index (χ1n) is 13.3. The van der Waals surface area contributed by atoms with Gasteiger partial charge in [-0.05, 0) is 25.1 Å². The van der Waals surface area contributed by atoms with E-state index in [9.17, 15) is 45.6 Å². The maximum Gasteiger partial charge on any atom is 0.229 e. The molecule has 2 aliphatic heterocycles. The Labute approximate surface area is 243 Å². The first-order chi connectivity index (χ1) is 20.4. The van der Waals surface area contributed by atoms with Crippen LogP contribution in [-0.4, -0.2) is 116 Å². The molecule has 2 fully saturated rings. The normalized spacial score (nSPS) is 32.9. The van der Waals surface area contributed by atoms with Crippen LogP contribution in [0.2, 0.25) is 0 Å². The zero-order chi connectivity index (χ0) is 31.2. The molecular formula is C28H32O15. The summed E-state index contributed by atoms with van der Waals surface area (Å²) in [5.74, 6) is -0.653. The summed E-state index contributed by atoms with van der Waals surface area (Å²) in [6, 6.07) is 7.77. The molecule has 2 aliphatic rings. The number of ether oxygens (including phenoxy) is 5. The van der Waals surface area contributed by atoms with Crippen LogP contribution in [-0.2, 0) is 14.2 Å². The number of hydrogen-bond donors (Lipinski definition) is 8. The summed E-state index contributed by atoms with van der Waals surface area (Å²) < 4.78 is 33.5. The lowest BCUT2D eigenvalue weighted by Gasteiger charge is -2.45. The topological polar surface area (TPSA) is 238 Å². The molecule has 10 atom stereocenters. The van der Waals surface area contributed by atoms with Crippen LogP contribution in [0.15, 0.2) is 45.6 Å². The first kappa shape index (κ1) is 30.9. The highest BCUT2D eigenvalue weighted by atomic mass is 16.8. The molecule has 43 heavy (non-hydrogen) atoms. The third-order valence-electron chi connectivity index (χ3n) is 7.42. The number of aliphatic hydroxyl groups excluding tert-OH is 6. The standard InChI is InChI=1S/C28H32O15/c1-10-21(33)23(35)25(37)27(39-10)43-26-24(36)22(34)19(9-29)42-28(26)40-12-6-14(31)20-15(32)8-17(41-18(20)7-12)11-3-4-16(38-2)13(30)5-11/h3-8,10,19,21-31,33-37H,9H2,1-2H3/t10-,19-,21-,22-,23+,24+,25+,26-,27+,28+/m0/s1. The monoisotopic (exact) mass is 608 g/mol. The van der Waals surface area contributed by atoms with Crippen molar-refractivity contribution in [2.75, 3.05) is 13.7 Å². The largest absolute Gasteiger partial charge is 0.507 e. The van der Waals surface area contributed by atoms with Gasteiger partial charge >= 0.3 is 0 Å². The minimum atomic E-state index is -1.77. The van der Waals surface area contributed by atoms with Crippen molar-refractivity contribution in [3.63, 3.8) is 0 Å². The number of aromatic hydroxyl groups is 2. The summed E-state index contributed by atoms with van der Waals surface area (Å²) in [5, 5.41) is 82.2. The molecule has 15 nitrogen and oxygen atoms in total. The molecule has 8 N–H and O–H groups in total. The Bertz CT molecular complexity index is 1510. The number of benzene rings is 2. The van der Waals surface area contributed by atoms with Crippen LogP contribution in [0, 0.1) is 0 Å². The molecule has 0 aliphatic carbocycles. The predicted octanol–water partition coefficient (Wildman–Crippen LogP) is -1.09. The van der Waals surface area contributed by atoms with Gasteiger partial charge in [0.25, 0.3) is 0 Å². The Morgan fingerprint density at radius 2 is 1.58 bits per heavy atom. The summed E-state index contributed by atoms with van der Waals surface area (Å²) in [6.45, 7) is 0.687. The molecule has 0 saturated carbocycles. The molecule has 3 heterocycles. The van der Waals surface area contributed by atoms with Crippen molar-refractivity contribution in [2.24, 2.45) is 0 Å². The van der Waals surface area contributed by atoms with Gasteiger partial charge in [-0.1, -0.05) is 0 Å². The predicted molar refractivity (Wildman–Crippen MR) is 143 cm³/mol. The smallest absolute Gasteiger partial charge is 0.229 e. The average Bonchev–Trinajstić information content (AvgIpc) is 2.97. The van der Waals surface area contributed by atoms with Gasteiger partial charge in [-0.25, -0.2) is 0 Å². The van der Waals surface area contributed by atoms with E-state index in [1.165, 1.54) is 32.2 Å². The Morgan fingerprint density at radius 1 is 0.837 bits per heavy atom. The number of fused-ring (bicyclic) bond motifs is 1. The molecule has 0 radical (unpaired) electrons. The third kappa shape index (κ3) is 5.86. The van der Waals surface area contributed by atoms with Gasteiger partial charge in [0.2, 0.25) is 6.29 Å². The van der Waals surface area contributed by atoms with E-state index in [0.29, 0.717) is 5.56 Å². The summed E-state index contributed by atoms with van der Waals surface area (Å²) in [4.78, 5) is 12.9. The van der Waals surface area contributed by atoms with E-state index in [1.54, 1.807) is 6.07 Å². The minimum Gasteiger partial charge on any atom is -0.507 e. The van der Waals surface area contributed by atoms with Crippen molar-refractivity contribution >= 4 is 11.0 Å². The number of hydrogen-bond acceptors (Lipinski definition) is 15. The van der Waals surface area contributed by atoms with Gasteiger partial charge in [0.1, 0.15) is 64.9 Å². The molecule has 0 bridgehead atoms. The van der Waals surface area contributed by atoms with Crippen molar-refractivity contribution in [1.29, 1.82) is 0 Å². The van der Waals surface area contributed by atoms with Gasteiger partial charge < -0.3 is 69.0 Å². The highest BCUT2D eigenvalue weighted by Crippen LogP contribution is 2.36. The van der Waals surface area contributed by atoms with Crippen LogP contribution in [0.4, 0.5) is 0 Å². The van der Waals surface area contributed by atoms with Crippen molar-refractivity contribution in [3.05, 3.63) is 46.6 Å². The second-order valence-corrected chi connectivity index (χ2v) is 10.3. The van der Waals surface area contributed by atoms with Crippen LogP contribution in [0.3, 0.4) is 0 Å². The van der Waals surface area contributed by atoms with E-state index in [2.05, 4.69) is 0 Å². The Hall–Kier alpha value is -3.51. The lowest BCUT2D eigenvalue weighted by molar-refractivity contribution is -0.354. The number of phenolic OH excluding ortho intramolecular Hbond substituents is 2. The molecular weight excluding hydrogens is 576 g/mol. The van der Waals surface area contributed by atoms with Gasteiger partial charge in [-0.2, -0.15) is 0 Å². The van der Waals surface area contributed by atoms with E-state index in [-0.39, 0.29) is 34.0 Å². The van der Waals surface area contributed by atoms with Crippen molar-refractivity contribution in [2.45, 2.75) is 68.3 Å². The fourth-order valence-corrected chi connectivity index (χ4v) is 5.01. The quantitative estimate of drug-likeness (QED) is 0.159. The van der Waals surface area contributed by atoms with Gasteiger partial charge in [-0.15, -0.1) is 0 Å². The van der Waals surface area contributed by atoms with Crippen molar-refractivity contribution < 1.29 is 69.0 Å². The highest BCUT2D eigenvalue weighted by Gasteiger charge is 2.50. The molecule has 3 aromatic rings. The molecule has 5 rings (SSSR count). The molecule has 2 aromatic carbocycles. The van der Waals surface area contributed by atoms with E-state index in [0.717, 1.165) is 12.1 Å². The van der Waals surface area contributed by atoms with Crippen molar-refractivity contribution in [1.82, 2.24) is 0 Å². The van der Waals surface area contributed by atoms with Crippen LogP contribution >= 0.6 is 0 Å². The SMILES string of the molecule is COc1ccc(-c2cc(=O)c3c(O)cc(O[C@@H]4O[C@@H](CO)[C@H](O)[C@@H](O)[C@@H]4O[C@H]4O[C@@H](C)[C@H](O)[C@@H](O)[C@H]4O)cc3o2)cc1O. The molecule has 0 unspecified atom stereocenters. The molecule has 0 amide bonds. The van der Waals surface area contributed by atoms with Crippen LogP contribution in [0.1, 0.15) is 6.92 Å². The highest BCUT2D eigenvalue weighted by molar-refractivity contribution is 5.86. The van der Waals surface area contributed by atoms with Gasteiger partial charge in [0.05, 0.1) is 19.8 Å². The van der Waals surface area contributed by atoms with Gasteiger partial charge in [-0.3, -0.25) is 4.79 Å². The molecule has 0 spiro atoms. The summed E-state index contributed by atoms with van der Waals surface area (Å²) >= 11 is 0. The fraction of sp³-hybridized carbons (Fsp3) is 0.464. The number of rotatable bonds is 7. The Morgan fingerprint density at radius 3 is 2.26 bits per heavy atom. The fourth-order valence-electron chi connectivity index (χ4n) is 5.01. The van der Waals surface area contributed by atoms with Crippen LogP contribution in [0.5, 0.6) is 23.0 Å². The van der Waals surface area contributed by atoms with E-state index >= 15 is 0 Å². The zero-order valence-corrected chi connectivity index (χ0v) is 22.9. The second kappa shape index (κ2) is 12.2. The maximum atomic E-state index is 12.9. The van der Waals surface area contributed by atoms with E-state index < -0.39 is 79.2 Å².